The minimum absolute atomic E-state index is 0.761. The molecule has 0 aliphatic rings. The van der Waals surface area contributed by atoms with Gasteiger partial charge in [-0.05, 0) is 74.9 Å². The van der Waals surface area contributed by atoms with Crippen molar-refractivity contribution in [3.05, 3.63) is 48.2 Å². The molecule has 29 heavy (non-hydrogen) atoms. The van der Waals surface area contributed by atoms with Crippen molar-refractivity contribution in [3.63, 3.8) is 0 Å². The summed E-state index contributed by atoms with van der Waals surface area (Å²) in [5, 5.41) is 0. The normalized spacial score (nSPS) is 11.0. The average molecular weight is 398 g/mol. The minimum Gasteiger partial charge on any atom is -0.494 e. The first-order valence-corrected chi connectivity index (χ1v) is 11.6. The van der Waals surface area contributed by atoms with E-state index < -0.39 is 0 Å². The predicted octanol–water partition coefficient (Wildman–Crippen LogP) is 7.24. The van der Waals surface area contributed by atoms with Crippen molar-refractivity contribution in [2.24, 2.45) is 0 Å². The van der Waals surface area contributed by atoms with Crippen LogP contribution >= 0.6 is 0 Å². The first-order valence-electron chi connectivity index (χ1n) is 11.6. The molecule has 0 N–H and O–H groups in total. The molecular weight excluding hydrogens is 358 g/mol. The van der Waals surface area contributed by atoms with E-state index in [-0.39, 0.29) is 0 Å². The molecule has 0 fully saturated rings. The maximum atomic E-state index is 5.84. The predicted molar refractivity (Wildman–Crippen MR) is 123 cm³/mol. The molecular formula is C26H39NO2. The number of nitrogens with zero attached hydrogens (tertiary/aromatic N) is 1. The molecule has 0 spiro atoms. The van der Waals surface area contributed by atoms with Crippen LogP contribution in [0.25, 0.3) is 11.3 Å². The molecule has 2 aromatic rings. The summed E-state index contributed by atoms with van der Waals surface area (Å²) in [6.45, 7) is 6.72. The van der Waals surface area contributed by atoms with Gasteiger partial charge < -0.3 is 9.47 Å². The molecule has 0 saturated heterocycles. The van der Waals surface area contributed by atoms with Crippen LogP contribution in [0.1, 0.15) is 77.2 Å². The first-order chi connectivity index (χ1) is 14.3. The Bertz CT molecular complexity index is 637. The molecule has 0 aliphatic heterocycles. The first kappa shape index (κ1) is 23.4. The van der Waals surface area contributed by atoms with Crippen LogP contribution in [-0.2, 0) is 11.2 Å². The van der Waals surface area contributed by atoms with Gasteiger partial charge in [0, 0.05) is 25.0 Å². The number of benzene rings is 1. The molecule has 0 amide bonds. The number of unbranched alkanes of at least 4 members (excludes halogenated alkanes) is 7. The van der Waals surface area contributed by atoms with Gasteiger partial charge in [0.25, 0.3) is 0 Å². The van der Waals surface area contributed by atoms with Crippen molar-refractivity contribution in [1.82, 2.24) is 4.98 Å². The highest BCUT2D eigenvalue weighted by Crippen LogP contribution is 2.21. The lowest BCUT2D eigenvalue weighted by atomic mass is 10.1. The SMILES string of the molecule is CCCCCCCCc1ccc(-c2ccc(OCCCCCOCC)cc2)nc1. The van der Waals surface area contributed by atoms with Gasteiger partial charge in [0.1, 0.15) is 5.75 Å². The van der Waals surface area contributed by atoms with Crippen molar-refractivity contribution >= 4 is 0 Å². The van der Waals surface area contributed by atoms with Gasteiger partial charge in [-0.25, -0.2) is 0 Å². The number of ether oxygens (including phenoxy) is 2. The van der Waals surface area contributed by atoms with E-state index in [0.29, 0.717) is 0 Å². The molecule has 0 radical (unpaired) electrons. The molecule has 0 atom stereocenters. The van der Waals surface area contributed by atoms with Crippen LogP contribution in [0, 0.1) is 0 Å². The lowest BCUT2D eigenvalue weighted by molar-refractivity contribution is 0.141. The molecule has 3 heteroatoms. The highest BCUT2D eigenvalue weighted by Gasteiger charge is 2.02. The van der Waals surface area contributed by atoms with Gasteiger partial charge in [0.2, 0.25) is 0 Å². The summed E-state index contributed by atoms with van der Waals surface area (Å²) >= 11 is 0. The summed E-state index contributed by atoms with van der Waals surface area (Å²) in [7, 11) is 0. The van der Waals surface area contributed by atoms with Crippen LogP contribution in [0.4, 0.5) is 0 Å². The van der Waals surface area contributed by atoms with Gasteiger partial charge in [-0.3, -0.25) is 4.98 Å². The third kappa shape index (κ3) is 9.94. The minimum atomic E-state index is 0.761. The summed E-state index contributed by atoms with van der Waals surface area (Å²) in [6, 6.07) is 12.6. The zero-order valence-corrected chi connectivity index (χ0v) is 18.5. The summed E-state index contributed by atoms with van der Waals surface area (Å²) in [5.41, 5.74) is 3.51. The highest BCUT2D eigenvalue weighted by molar-refractivity contribution is 5.60. The van der Waals surface area contributed by atoms with Crippen LogP contribution in [0.15, 0.2) is 42.6 Å². The van der Waals surface area contributed by atoms with Gasteiger partial charge in [-0.15, -0.1) is 0 Å². The standard InChI is InChI=1S/C26H39NO2/c1-3-5-6-7-8-10-13-23-14-19-26(27-22-23)24-15-17-25(18-16-24)29-21-12-9-11-20-28-4-2/h14-19,22H,3-13,20-21H2,1-2H3. The molecule has 1 aromatic heterocycles. The Kier molecular flexibility index (Phi) is 12.1. The Morgan fingerprint density at radius 3 is 2.17 bits per heavy atom. The largest absolute Gasteiger partial charge is 0.494 e. The summed E-state index contributed by atoms with van der Waals surface area (Å²) in [6.07, 6.45) is 14.5. The highest BCUT2D eigenvalue weighted by atomic mass is 16.5. The Morgan fingerprint density at radius 2 is 1.45 bits per heavy atom. The second-order valence-electron chi connectivity index (χ2n) is 7.70. The van der Waals surface area contributed by atoms with Crippen molar-refractivity contribution < 1.29 is 9.47 Å². The van der Waals surface area contributed by atoms with E-state index in [2.05, 4.69) is 36.2 Å². The monoisotopic (exact) mass is 397 g/mol. The Hall–Kier alpha value is -1.87. The molecule has 1 aromatic carbocycles. The van der Waals surface area contributed by atoms with Crippen LogP contribution in [-0.4, -0.2) is 24.8 Å². The number of hydrogen-bond acceptors (Lipinski definition) is 3. The Balaban J connectivity index is 1.68. The van der Waals surface area contributed by atoms with Gasteiger partial charge in [0.15, 0.2) is 0 Å². The number of rotatable bonds is 16. The van der Waals surface area contributed by atoms with Crippen LogP contribution < -0.4 is 4.74 Å². The van der Waals surface area contributed by atoms with Gasteiger partial charge >= 0.3 is 0 Å². The topological polar surface area (TPSA) is 31.4 Å². The molecule has 0 bridgehead atoms. The van der Waals surface area contributed by atoms with E-state index in [0.717, 1.165) is 62.5 Å². The fraction of sp³-hybridized carbons (Fsp3) is 0.577. The van der Waals surface area contributed by atoms with E-state index in [4.69, 9.17) is 9.47 Å². The fourth-order valence-electron chi connectivity index (χ4n) is 3.39. The number of hydrogen-bond donors (Lipinski definition) is 0. The molecule has 0 unspecified atom stereocenters. The lowest BCUT2D eigenvalue weighted by Crippen LogP contribution is -1.99. The Labute approximate surface area is 177 Å². The van der Waals surface area contributed by atoms with Crippen LogP contribution in [0.3, 0.4) is 0 Å². The number of aryl methyl sites for hydroxylation is 1. The maximum Gasteiger partial charge on any atom is 0.119 e. The average Bonchev–Trinajstić information content (AvgIpc) is 2.76. The molecule has 0 aliphatic carbocycles. The zero-order chi connectivity index (χ0) is 20.6. The van der Waals surface area contributed by atoms with Crippen molar-refractivity contribution in [2.45, 2.75) is 78.1 Å². The van der Waals surface area contributed by atoms with Crippen molar-refractivity contribution in [1.29, 1.82) is 0 Å². The van der Waals surface area contributed by atoms with Crippen LogP contribution in [0.5, 0.6) is 5.75 Å². The van der Waals surface area contributed by atoms with E-state index in [1.165, 1.54) is 44.1 Å². The second kappa shape index (κ2) is 15.0. The van der Waals surface area contributed by atoms with Crippen molar-refractivity contribution in [3.8, 4) is 17.0 Å². The van der Waals surface area contributed by atoms with E-state index in [1.807, 2.05) is 25.3 Å². The molecule has 0 saturated carbocycles. The maximum absolute atomic E-state index is 5.84. The third-order valence-corrected chi connectivity index (χ3v) is 5.20. The molecule has 1 heterocycles. The zero-order valence-electron chi connectivity index (χ0n) is 18.5. The summed E-state index contributed by atoms with van der Waals surface area (Å²) in [4.78, 5) is 4.67. The molecule has 160 valence electrons. The molecule has 3 nitrogen and oxygen atoms in total. The molecule has 2 rings (SSSR count). The smallest absolute Gasteiger partial charge is 0.119 e. The van der Waals surface area contributed by atoms with E-state index >= 15 is 0 Å². The van der Waals surface area contributed by atoms with Gasteiger partial charge in [0.05, 0.1) is 12.3 Å². The van der Waals surface area contributed by atoms with Gasteiger partial charge in [-0.2, -0.15) is 0 Å². The third-order valence-electron chi connectivity index (χ3n) is 5.20. The lowest BCUT2D eigenvalue weighted by Gasteiger charge is -2.08. The van der Waals surface area contributed by atoms with E-state index in [1.54, 1.807) is 0 Å². The summed E-state index contributed by atoms with van der Waals surface area (Å²) < 4.78 is 11.2. The Morgan fingerprint density at radius 1 is 0.724 bits per heavy atom. The van der Waals surface area contributed by atoms with Gasteiger partial charge in [-0.1, -0.05) is 45.1 Å². The fourth-order valence-corrected chi connectivity index (χ4v) is 3.39. The van der Waals surface area contributed by atoms with Crippen LogP contribution in [0.2, 0.25) is 0 Å². The number of pyridine rings is 1. The van der Waals surface area contributed by atoms with Crippen molar-refractivity contribution in [2.75, 3.05) is 19.8 Å². The number of aromatic nitrogens is 1. The van der Waals surface area contributed by atoms with E-state index in [9.17, 15) is 0 Å². The second-order valence-corrected chi connectivity index (χ2v) is 7.70. The quantitative estimate of drug-likeness (QED) is 0.280. The summed E-state index contributed by atoms with van der Waals surface area (Å²) in [5.74, 6) is 0.929.